The van der Waals surface area contributed by atoms with Crippen molar-refractivity contribution in [1.29, 1.82) is 0 Å². The third kappa shape index (κ3) is 7.56. The van der Waals surface area contributed by atoms with Gasteiger partial charge >= 0.3 is 12.1 Å². The lowest BCUT2D eigenvalue weighted by Gasteiger charge is -2.43. The molecule has 2 aromatic rings. The first kappa shape index (κ1) is 32.0. The molecule has 43 heavy (non-hydrogen) atoms. The van der Waals surface area contributed by atoms with E-state index >= 15 is 0 Å². The maximum atomic E-state index is 14.1. The van der Waals surface area contributed by atoms with Gasteiger partial charge in [0.2, 0.25) is 5.91 Å². The largest absolute Gasteiger partial charge is 0.454 e. The number of Topliss-reactive ketones (excluding diaryl/α,β-unsaturated/α-hetero) is 1. The summed E-state index contributed by atoms with van der Waals surface area (Å²) >= 11 is 0. The highest BCUT2D eigenvalue weighted by Gasteiger charge is 2.54. The van der Waals surface area contributed by atoms with Gasteiger partial charge in [-0.05, 0) is 76.3 Å². The summed E-state index contributed by atoms with van der Waals surface area (Å²) < 4.78 is 10.9. The number of piperidine rings is 1. The lowest BCUT2D eigenvalue weighted by Crippen LogP contribution is -2.57. The first-order valence-electron chi connectivity index (χ1n) is 15.4. The Balaban J connectivity index is 1.47. The lowest BCUT2D eigenvalue weighted by atomic mass is 9.85. The van der Waals surface area contributed by atoms with Crippen molar-refractivity contribution in [3.05, 3.63) is 65.7 Å². The Hall–Kier alpha value is -3.88. The van der Waals surface area contributed by atoms with Crippen molar-refractivity contribution < 1.29 is 28.7 Å². The van der Waals surface area contributed by atoms with Gasteiger partial charge in [-0.3, -0.25) is 9.59 Å². The van der Waals surface area contributed by atoms with Crippen LogP contribution in [-0.2, 0) is 25.6 Å². The first-order valence-corrected chi connectivity index (χ1v) is 15.4. The molecule has 1 atom stereocenters. The minimum Gasteiger partial charge on any atom is -0.454 e. The zero-order valence-electron chi connectivity index (χ0n) is 26.1. The molecule has 4 rings (SSSR count). The van der Waals surface area contributed by atoms with Crippen LogP contribution in [0.3, 0.4) is 0 Å². The highest BCUT2D eigenvalue weighted by atomic mass is 16.6. The number of para-hydroxylation sites is 1. The van der Waals surface area contributed by atoms with Crippen LogP contribution in [0.5, 0.6) is 0 Å². The maximum Gasteiger partial charge on any atom is 0.410 e. The van der Waals surface area contributed by atoms with Crippen LogP contribution in [-0.4, -0.2) is 71.1 Å². The summed E-state index contributed by atoms with van der Waals surface area (Å²) in [6, 6.07) is 16.9. The third-order valence-electron chi connectivity index (χ3n) is 8.29. The van der Waals surface area contributed by atoms with Crippen molar-refractivity contribution in [3.63, 3.8) is 0 Å². The first-order chi connectivity index (χ1) is 20.5. The van der Waals surface area contributed by atoms with Gasteiger partial charge in [-0.2, -0.15) is 0 Å². The Kier molecular flexibility index (Phi) is 10.1. The highest BCUT2D eigenvalue weighted by Crippen LogP contribution is 2.40. The van der Waals surface area contributed by atoms with Crippen LogP contribution in [0.25, 0.3) is 0 Å². The third-order valence-corrected chi connectivity index (χ3v) is 8.29. The van der Waals surface area contributed by atoms with Crippen molar-refractivity contribution in [2.24, 2.45) is 5.92 Å². The standard InChI is InChI=1S/C34H45N3O6/c1-6-12-26(7-2)29(38)23-42-30(39)27-14-11-13-25(21-27)22-36-24-37(28-15-9-8-10-16-28)34(31(36)40)17-19-35(20-18-34)32(41)43-33(3,4)5/h8-11,13-16,21,26H,6-7,12,17-20,22-24H2,1-5H3. The predicted molar refractivity (Wildman–Crippen MR) is 165 cm³/mol. The van der Waals surface area contributed by atoms with Gasteiger partial charge in [0.25, 0.3) is 0 Å². The van der Waals surface area contributed by atoms with Gasteiger partial charge in [0.1, 0.15) is 11.1 Å². The SMILES string of the molecule is CCCC(CC)C(=O)COC(=O)c1cccc(CN2CN(c3ccccc3)C3(CCN(C(=O)OC(C)(C)C)CC3)C2=O)c1. The molecular weight excluding hydrogens is 546 g/mol. The monoisotopic (exact) mass is 591 g/mol. The van der Waals surface area contributed by atoms with E-state index in [0.29, 0.717) is 44.7 Å². The number of likely N-dealkylation sites (tertiary alicyclic amines) is 1. The second kappa shape index (κ2) is 13.6. The van der Waals surface area contributed by atoms with Crippen molar-refractivity contribution in [3.8, 4) is 0 Å². The Morgan fingerprint density at radius 1 is 0.977 bits per heavy atom. The number of rotatable bonds is 10. The second-order valence-corrected chi connectivity index (χ2v) is 12.5. The molecule has 0 radical (unpaired) electrons. The highest BCUT2D eigenvalue weighted by molar-refractivity contribution is 5.94. The number of esters is 1. The van der Waals surface area contributed by atoms with Crippen LogP contribution in [0, 0.1) is 5.92 Å². The predicted octanol–water partition coefficient (Wildman–Crippen LogP) is 5.81. The van der Waals surface area contributed by atoms with Gasteiger partial charge in [0, 0.05) is 31.2 Å². The molecule has 232 valence electrons. The minimum absolute atomic E-state index is 0.000277. The quantitative estimate of drug-likeness (QED) is 0.322. The van der Waals surface area contributed by atoms with Gasteiger partial charge in [0.05, 0.1) is 12.2 Å². The molecule has 9 nitrogen and oxygen atoms in total. The van der Waals surface area contributed by atoms with Crippen molar-refractivity contribution >= 4 is 29.4 Å². The van der Waals surface area contributed by atoms with Crippen LogP contribution in [0.1, 0.15) is 82.6 Å². The van der Waals surface area contributed by atoms with E-state index < -0.39 is 17.1 Å². The van der Waals surface area contributed by atoms with E-state index in [2.05, 4.69) is 4.90 Å². The molecule has 2 fully saturated rings. The zero-order chi connectivity index (χ0) is 31.2. The Labute approximate surface area is 255 Å². The van der Waals surface area contributed by atoms with Crippen molar-refractivity contribution in [1.82, 2.24) is 9.80 Å². The van der Waals surface area contributed by atoms with Crippen molar-refractivity contribution in [2.45, 2.75) is 84.4 Å². The molecule has 2 aliphatic rings. The topological polar surface area (TPSA) is 96.5 Å². The smallest absolute Gasteiger partial charge is 0.410 e. The fourth-order valence-electron chi connectivity index (χ4n) is 6.00. The van der Waals surface area contributed by atoms with E-state index in [1.165, 1.54) is 0 Å². The van der Waals surface area contributed by atoms with Crippen molar-refractivity contribution in [2.75, 3.05) is 31.3 Å². The number of carbonyl (C=O) groups excluding carboxylic acids is 4. The van der Waals surface area contributed by atoms with Gasteiger partial charge in [0.15, 0.2) is 12.4 Å². The normalized spacial score (nSPS) is 17.2. The fourth-order valence-corrected chi connectivity index (χ4v) is 6.00. The summed E-state index contributed by atoms with van der Waals surface area (Å²) in [4.78, 5) is 57.8. The summed E-state index contributed by atoms with van der Waals surface area (Å²) in [7, 11) is 0. The van der Waals surface area contributed by atoms with Gasteiger partial charge in [-0.25, -0.2) is 9.59 Å². The molecule has 0 N–H and O–H groups in total. The molecule has 2 amide bonds. The number of benzene rings is 2. The number of hydrogen-bond acceptors (Lipinski definition) is 7. The van der Waals surface area contributed by atoms with Crippen LogP contribution < -0.4 is 4.90 Å². The molecule has 0 saturated carbocycles. The number of carbonyl (C=O) groups is 4. The van der Waals surface area contributed by atoms with E-state index in [-0.39, 0.29) is 30.3 Å². The van der Waals surface area contributed by atoms with E-state index in [4.69, 9.17) is 9.47 Å². The van der Waals surface area contributed by atoms with Crippen LogP contribution in [0.2, 0.25) is 0 Å². The maximum absolute atomic E-state index is 14.1. The van der Waals surface area contributed by atoms with Crippen LogP contribution in [0.4, 0.5) is 10.5 Å². The molecule has 1 spiro atoms. The average Bonchev–Trinajstić information content (AvgIpc) is 3.24. The zero-order valence-corrected chi connectivity index (χ0v) is 26.1. The summed E-state index contributed by atoms with van der Waals surface area (Å²) in [5.74, 6) is -0.701. The second-order valence-electron chi connectivity index (χ2n) is 12.5. The van der Waals surface area contributed by atoms with E-state index in [9.17, 15) is 19.2 Å². The minimum atomic E-state index is -0.787. The number of nitrogens with zero attached hydrogens (tertiary/aromatic N) is 3. The Bertz CT molecular complexity index is 1300. The molecule has 1 unspecified atom stereocenters. The average molecular weight is 592 g/mol. The Morgan fingerprint density at radius 2 is 1.67 bits per heavy atom. The number of ketones is 1. The summed E-state index contributed by atoms with van der Waals surface area (Å²) in [5, 5.41) is 0. The van der Waals surface area contributed by atoms with Gasteiger partial charge in [-0.1, -0.05) is 50.6 Å². The summed E-state index contributed by atoms with van der Waals surface area (Å²) in [6.07, 6.45) is 3.01. The van der Waals surface area contributed by atoms with Gasteiger partial charge < -0.3 is 24.2 Å². The van der Waals surface area contributed by atoms with Crippen LogP contribution >= 0.6 is 0 Å². The summed E-state index contributed by atoms with van der Waals surface area (Å²) in [6.45, 7) is 10.8. The number of hydrogen-bond donors (Lipinski definition) is 0. The molecule has 0 aliphatic carbocycles. The van der Waals surface area contributed by atoms with E-state index in [0.717, 1.165) is 30.5 Å². The molecule has 2 saturated heterocycles. The Morgan fingerprint density at radius 3 is 2.30 bits per heavy atom. The molecule has 2 aliphatic heterocycles. The van der Waals surface area contributed by atoms with Crippen LogP contribution in [0.15, 0.2) is 54.6 Å². The van der Waals surface area contributed by atoms with E-state index in [1.54, 1.807) is 28.0 Å². The number of anilines is 1. The summed E-state index contributed by atoms with van der Waals surface area (Å²) in [5.41, 5.74) is 0.708. The molecule has 0 aromatic heterocycles. The molecule has 2 heterocycles. The molecular formula is C34H45N3O6. The molecule has 0 bridgehead atoms. The number of amides is 2. The fraction of sp³-hybridized carbons (Fsp3) is 0.529. The lowest BCUT2D eigenvalue weighted by molar-refractivity contribution is -0.134. The molecule has 9 heteroatoms. The van der Waals surface area contributed by atoms with E-state index in [1.807, 2.05) is 71.0 Å². The van der Waals surface area contributed by atoms with Gasteiger partial charge in [-0.15, -0.1) is 0 Å². The molecule has 2 aromatic carbocycles. The number of ether oxygens (including phenoxy) is 2.